The molecule has 0 bridgehead atoms. The van der Waals surface area contributed by atoms with E-state index in [1.54, 1.807) is 12.4 Å². The van der Waals surface area contributed by atoms with Crippen molar-refractivity contribution in [3.05, 3.63) is 17.5 Å². The van der Waals surface area contributed by atoms with Gasteiger partial charge < -0.3 is 4.90 Å². The maximum Gasteiger partial charge on any atom is 0.171 e. The first kappa shape index (κ1) is 10.7. The number of anilines is 1. The molecular formula is C11H16ClN3. The van der Waals surface area contributed by atoms with Gasteiger partial charge in [-0.1, -0.05) is 11.6 Å². The Bertz CT molecular complexity index is 332. The van der Waals surface area contributed by atoms with Gasteiger partial charge >= 0.3 is 0 Å². The number of piperidine rings is 1. The Morgan fingerprint density at radius 3 is 2.40 bits per heavy atom. The summed E-state index contributed by atoms with van der Waals surface area (Å²) in [6.07, 6.45) is 7.03. The molecule has 1 fully saturated rings. The number of halogens is 1. The molecule has 82 valence electrons. The van der Waals surface area contributed by atoms with Gasteiger partial charge in [-0.25, -0.2) is 9.97 Å². The van der Waals surface area contributed by atoms with Crippen molar-refractivity contribution in [1.82, 2.24) is 9.97 Å². The number of nitrogens with zero attached hydrogens (tertiary/aromatic N) is 3. The highest BCUT2D eigenvalue weighted by atomic mass is 35.5. The van der Waals surface area contributed by atoms with E-state index in [2.05, 4.69) is 28.7 Å². The van der Waals surface area contributed by atoms with E-state index in [0.717, 1.165) is 5.82 Å². The fourth-order valence-electron chi connectivity index (χ4n) is 2.33. The third-order valence-corrected chi connectivity index (χ3v) is 3.34. The van der Waals surface area contributed by atoms with E-state index in [9.17, 15) is 0 Å². The van der Waals surface area contributed by atoms with Crippen molar-refractivity contribution in [2.75, 3.05) is 4.90 Å². The van der Waals surface area contributed by atoms with Crippen molar-refractivity contribution < 1.29 is 0 Å². The van der Waals surface area contributed by atoms with Gasteiger partial charge in [-0.05, 0) is 33.1 Å². The summed E-state index contributed by atoms with van der Waals surface area (Å²) in [5, 5.41) is 0.512. The molecule has 1 saturated heterocycles. The van der Waals surface area contributed by atoms with Crippen LogP contribution in [0.5, 0.6) is 0 Å². The minimum Gasteiger partial charge on any atom is -0.349 e. The van der Waals surface area contributed by atoms with Crippen LogP contribution in [0, 0.1) is 0 Å². The molecule has 0 unspecified atom stereocenters. The molecule has 15 heavy (non-hydrogen) atoms. The number of hydrogen-bond donors (Lipinski definition) is 0. The average molecular weight is 226 g/mol. The van der Waals surface area contributed by atoms with Crippen LogP contribution in [0.4, 0.5) is 5.82 Å². The smallest absolute Gasteiger partial charge is 0.171 e. The van der Waals surface area contributed by atoms with E-state index >= 15 is 0 Å². The standard InChI is InChI=1S/C11H16ClN3/c1-8-4-3-5-9(2)15(8)11-10(12)13-6-7-14-11/h6-9H,3-5H2,1-2H3/t8-,9-/m1/s1. The van der Waals surface area contributed by atoms with E-state index in [1.807, 2.05) is 0 Å². The largest absolute Gasteiger partial charge is 0.349 e. The zero-order valence-electron chi connectivity index (χ0n) is 9.15. The second-order valence-corrected chi connectivity index (χ2v) is 4.56. The van der Waals surface area contributed by atoms with Crippen LogP contribution < -0.4 is 4.90 Å². The van der Waals surface area contributed by atoms with Gasteiger partial charge in [-0.2, -0.15) is 0 Å². The van der Waals surface area contributed by atoms with Gasteiger partial charge in [0.1, 0.15) is 0 Å². The van der Waals surface area contributed by atoms with Crippen molar-refractivity contribution >= 4 is 17.4 Å². The normalized spacial score (nSPS) is 26.7. The lowest BCUT2D eigenvalue weighted by Crippen LogP contribution is -2.44. The molecule has 0 amide bonds. The molecule has 4 heteroatoms. The second kappa shape index (κ2) is 4.35. The Kier molecular flexibility index (Phi) is 3.10. The maximum atomic E-state index is 6.07. The maximum absolute atomic E-state index is 6.07. The summed E-state index contributed by atoms with van der Waals surface area (Å²) in [5.41, 5.74) is 0. The first-order chi connectivity index (χ1) is 7.20. The van der Waals surface area contributed by atoms with Gasteiger partial charge in [0.15, 0.2) is 11.0 Å². The number of hydrogen-bond acceptors (Lipinski definition) is 3. The minimum absolute atomic E-state index is 0.503. The topological polar surface area (TPSA) is 29.0 Å². The Morgan fingerprint density at radius 1 is 1.20 bits per heavy atom. The lowest BCUT2D eigenvalue weighted by Gasteiger charge is -2.40. The highest BCUT2D eigenvalue weighted by Gasteiger charge is 2.27. The van der Waals surface area contributed by atoms with Crippen molar-refractivity contribution in [2.24, 2.45) is 0 Å². The number of rotatable bonds is 1. The predicted molar refractivity (Wildman–Crippen MR) is 62.3 cm³/mol. The molecule has 0 N–H and O–H groups in total. The molecule has 3 nitrogen and oxygen atoms in total. The third-order valence-electron chi connectivity index (χ3n) is 3.07. The molecule has 0 radical (unpaired) electrons. The van der Waals surface area contributed by atoms with Crippen LogP contribution >= 0.6 is 11.6 Å². The summed E-state index contributed by atoms with van der Waals surface area (Å²) in [5.74, 6) is 0.832. The van der Waals surface area contributed by atoms with E-state index in [4.69, 9.17) is 11.6 Å². The number of aromatic nitrogens is 2. The van der Waals surface area contributed by atoms with Crippen LogP contribution in [-0.2, 0) is 0 Å². The van der Waals surface area contributed by atoms with E-state index < -0.39 is 0 Å². The molecule has 1 aliphatic rings. The third kappa shape index (κ3) is 2.07. The molecule has 0 spiro atoms. The van der Waals surface area contributed by atoms with Gasteiger partial charge in [-0.3, -0.25) is 0 Å². The van der Waals surface area contributed by atoms with E-state index in [-0.39, 0.29) is 0 Å². The van der Waals surface area contributed by atoms with Gasteiger partial charge in [0, 0.05) is 24.5 Å². The highest BCUT2D eigenvalue weighted by Crippen LogP contribution is 2.30. The van der Waals surface area contributed by atoms with Crippen molar-refractivity contribution in [2.45, 2.75) is 45.2 Å². The Hall–Kier alpha value is -0.830. The fraction of sp³-hybridized carbons (Fsp3) is 0.636. The molecule has 0 aromatic carbocycles. The summed E-state index contributed by atoms with van der Waals surface area (Å²) in [6.45, 7) is 4.45. The lowest BCUT2D eigenvalue weighted by atomic mass is 9.98. The summed E-state index contributed by atoms with van der Waals surface area (Å²) in [6, 6.07) is 1.01. The first-order valence-electron chi connectivity index (χ1n) is 5.45. The Balaban J connectivity index is 2.31. The van der Waals surface area contributed by atoms with Gasteiger partial charge in [0.25, 0.3) is 0 Å². The lowest BCUT2D eigenvalue weighted by molar-refractivity contribution is 0.411. The zero-order valence-corrected chi connectivity index (χ0v) is 9.91. The quantitative estimate of drug-likeness (QED) is 0.736. The van der Waals surface area contributed by atoms with Gasteiger partial charge in [-0.15, -0.1) is 0 Å². The summed E-state index contributed by atoms with van der Waals surface area (Å²) >= 11 is 6.07. The predicted octanol–water partition coefficient (Wildman–Crippen LogP) is 2.90. The highest BCUT2D eigenvalue weighted by molar-refractivity contribution is 6.31. The average Bonchev–Trinajstić information content (AvgIpc) is 2.20. The summed E-state index contributed by atoms with van der Waals surface area (Å²) < 4.78 is 0. The van der Waals surface area contributed by atoms with Gasteiger partial charge in [0.2, 0.25) is 0 Å². The summed E-state index contributed by atoms with van der Waals surface area (Å²) in [7, 11) is 0. The van der Waals surface area contributed by atoms with Crippen LogP contribution in [0.15, 0.2) is 12.4 Å². The molecule has 2 rings (SSSR count). The van der Waals surface area contributed by atoms with Crippen LogP contribution in [-0.4, -0.2) is 22.1 Å². The van der Waals surface area contributed by atoms with Crippen molar-refractivity contribution in [3.8, 4) is 0 Å². The Labute approximate surface area is 95.5 Å². The van der Waals surface area contributed by atoms with Crippen molar-refractivity contribution in [1.29, 1.82) is 0 Å². The summed E-state index contributed by atoms with van der Waals surface area (Å²) in [4.78, 5) is 10.7. The first-order valence-corrected chi connectivity index (χ1v) is 5.83. The molecule has 0 aliphatic carbocycles. The molecule has 0 saturated carbocycles. The molecule has 1 aromatic rings. The second-order valence-electron chi connectivity index (χ2n) is 4.21. The SMILES string of the molecule is C[C@@H]1CCC[C@@H](C)N1c1nccnc1Cl. The zero-order chi connectivity index (χ0) is 10.8. The van der Waals surface area contributed by atoms with Crippen LogP contribution in [0.2, 0.25) is 5.15 Å². The monoisotopic (exact) mass is 225 g/mol. The molecule has 2 heterocycles. The van der Waals surface area contributed by atoms with Crippen molar-refractivity contribution in [3.63, 3.8) is 0 Å². The Morgan fingerprint density at radius 2 is 1.80 bits per heavy atom. The van der Waals surface area contributed by atoms with E-state index in [0.29, 0.717) is 17.2 Å². The molecule has 1 aromatic heterocycles. The minimum atomic E-state index is 0.503. The van der Waals surface area contributed by atoms with Crippen LogP contribution in [0.3, 0.4) is 0 Å². The van der Waals surface area contributed by atoms with Gasteiger partial charge in [0.05, 0.1) is 0 Å². The van der Waals surface area contributed by atoms with E-state index in [1.165, 1.54) is 19.3 Å². The van der Waals surface area contributed by atoms with Crippen LogP contribution in [0.25, 0.3) is 0 Å². The van der Waals surface area contributed by atoms with Crippen LogP contribution in [0.1, 0.15) is 33.1 Å². The fourth-order valence-corrected chi connectivity index (χ4v) is 2.53. The molecular weight excluding hydrogens is 210 g/mol. The molecule has 1 aliphatic heterocycles. The molecule has 2 atom stereocenters.